The molecule has 10 heavy (non-hydrogen) atoms. The minimum atomic E-state index is 0.826. The van der Waals surface area contributed by atoms with Crippen molar-refractivity contribution in [2.45, 2.75) is 26.2 Å². The van der Waals surface area contributed by atoms with Crippen LogP contribution in [0.5, 0.6) is 0 Å². The van der Waals surface area contributed by atoms with Crippen molar-refractivity contribution >= 4 is 0 Å². The molecule has 58 valence electrons. The normalized spacial score (nSPS) is 26.3. The largest absolute Gasteiger partial charge is 0.316 e. The van der Waals surface area contributed by atoms with Crippen molar-refractivity contribution in [1.29, 1.82) is 0 Å². The maximum Gasteiger partial charge on any atom is 0.00146 e. The molecular formula is C9H17N. The Bertz CT molecular complexity index is 101. The highest BCUT2D eigenvalue weighted by Gasteiger charge is 2.09. The maximum atomic E-state index is 3.35. The fraction of sp³-hybridized carbons (Fsp3) is 0.778. The SMILES string of the molecule is CCCC=CC1CCNC1. The summed E-state index contributed by atoms with van der Waals surface area (Å²) >= 11 is 0. The fourth-order valence-corrected chi connectivity index (χ4v) is 1.30. The Morgan fingerprint density at radius 1 is 1.60 bits per heavy atom. The first-order valence-electron chi connectivity index (χ1n) is 4.31. The van der Waals surface area contributed by atoms with Gasteiger partial charge in [0, 0.05) is 6.54 Å². The molecule has 0 spiro atoms. The summed E-state index contributed by atoms with van der Waals surface area (Å²) in [4.78, 5) is 0. The lowest BCUT2D eigenvalue weighted by molar-refractivity contribution is 0.723. The van der Waals surface area contributed by atoms with E-state index in [1.54, 1.807) is 0 Å². The predicted molar refractivity (Wildman–Crippen MR) is 45.0 cm³/mol. The molecule has 1 unspecified atom stereocenters. The molecule has 1 aliphatic heterocycles. The fourth-order valence-electron chi connectivity index (χ4n) is 1.30. The third-order valence-electron chi connectivity index (χ3n) is 1.96. The summed E-state index contributed by atoms with van der Waals surface area (Å²) in [6, 6.07) is 0. The van der Waals surface area contributed by atoms with Crippen LogP contribution in [0, 0.1) is 5.92 Å². The Balaban J connectivity index is 2.10. The van der Waals surface area contributed by atoms with Crippen LogP contribution >= 0.6 is 0 Å². The molecule has 1 nitrogen and oxygen atoms in total. The van der Waals surface area contributed by atoms with Crippen molar-refractivity contribution in [3.63, 3.8) is 0 Å². The molecule has 1 atom stereocenters. The second-order valence-electron chi connectivity index (χ2n) is 2.97. The van der Waals surface area contributed by atoms with Gasteiger partial charge in [-0.15, -0.1) is 0 Å². The lowest BCUT2D eigenvalue weighted by Crippen LogP contribution is -2.07. The van der Waals surface area contributed by atoms with E-state index in [-0.39, 0.29) is 0 Å². The number of nitrogens with one attached hydrogen (secondary N) is 1. The summed E-state index contributed by atoms with van der Waals surface area (Å²) in [5.74, 6) is 0.826. The van der Waals surface area contributed by atoms with E-state index in [2.05, 4.69) is 24.4 Å². The molecule has 0 aromatic heterocycles. The highest BCUT2D eigenvalue weighted by molar-refractivity contribution is 4.92. The number of hydrogen-bond donors (Lipinski definition) is 1. The summed E-state index contributed by atoms with van der Waals surface area (Å²) in [5.41, 5.74) is 0. The molecule has 1 rings (SSSR count). The molecule has 0 bridgehead atoms. The number of allylic oxidation sites excluding steroid dienone is 1. The van der Waals surface area contributed by atoms with Crippen molar-refractivity contribution in [1.82, 2.24) is 5.32 Å². The molecule has 0 radical (unpaired) electrons. The topological polar surface area (TPSA) is 12.0 Å². The second kappa shape index (κ2) is 4.51. The Hall–Kier alpha value is -0.300. The van der Waals surface area contributed by atoms with Crippen molar-refractivity contribution in [3.8, 4) is 0 Å². The maximum absolute atomic E-state index is 3.35. The van der Waals surface area contributed by atoms with E-state index in [0.29, 0.717) is 0 Å². The van der Waals surface area contributed by atoms with Gasteiger partial charge < -0.3 is 5.32 Å². The molecule has 1 aliphatic rings. The summed E-state index contributed by atoms with van der Waals surface area (Å²) in [7, 11) is 0. The van der Waals surface area contributed by atoms with Crippen molar-refractivity contribution in [3.05, 3.63) is 12.2 Å². The first-order valence-corrected chi connectivity index (χ1v) is 4.31. The van der Waals surface area contributed by atoms with Crippen molar-refractivity contribution in [2.75, 3.05) is 13.1 Å². The average Bonchev–Trinajstić information content (AvgIpc) is 2.41. The zero-order valence-electron chi connectivity index (χ0n) is 6.77. The zero-order chi connectivity index (χ0) is 7.23. The van der Waals surface area contributed by atoms with Crippen LogP contribution in [0.2, 0.25) is 0 Å². The van der Waals surface area contributed by atoms with Crippen LogP contribution in [0.1, 0.15) is 26.2 Å². The molecule has 1 fully saturated rings. The highest BCUT2D eigenvalue weighted by atomic mass is 14.9. The van der Waals surface area contributed by atoms with Crippen molar-refractivity contribution < 1.29 is 0 Å². The Labute approximate surface area is 63.5 Å². The van der Waals surface area contributed by atoms with Crippen LogP contribution in [0.4, 0.5) is 0 Å². The first kappa shape index (κ1) is 7.80. The number of hydrogen-bond acceptors (Lipinski definition) is 1. The zero-order valence-corrected chi connectivity index (χ0v) is 6.77. The average molecular weight is 139 g/mol. The summed E-state index contributed by atoms with van der Waals surface area (Å²) in [6.07, 6.45) is 8.54. The number of rotatable bonds is 3. The van der Waals surface area contributed by atoms with E-state index in [9.17, 15) is 0 Å². The quantitative estimate of drug-likeness (QED) is 0.589. The van der Waals surface area contributed by atoms with Gasteiger partial charge in [-0.25, -0.2) is 0 Å². The lowest BCUT2D eigenvalue weighted by Gasteiger charge is -1.97. The molecule has 0 aromatic carbocycles. The van der Waals surface area contributed by atoms with Gasteiger partial charge in [0.05, 0.1) is 0 Å². The van der Waals surface area contributed by atoms with E-state index in [0.717, 1.165) is 5.92 Å². The molecule has 0 amide bonds. The van der Waals surface area contributed by atoms with E-state index in [1.807, 2.05) is 0 Å². The van der Waals surface area contributed by atoms with Crippen LogP contribution < -0.4 is 5.32 Å². The molecule has 1 saturated heterocycles. The number of unbranched alkanes of at least 4 members (excludes halogenated alkanes) is 1. The Morgan fingerprint density at radius 3 is 3.10 bits per heavy atom. The molecule has 1 N–H and O–H groups in total. The summed E-state index contributed by atoms with van der Waals surface area (Å²) < 4.78 is 0. The van der Waals surface area contributed by atoms with Gasteiger partial charge in [0.2, 0.25) is 0 Å². The molecule has 1 heteroatoms. The van der Waals surface area contributed by atoms with Crippen LogP contribution in [0.15, 0.2) is 12.2 Å². The van der Waals surface area contributed by atoms with Gasteiger partial charge in [0.15, 0.2) is 0 Å². The molecular weight excluding hydrogens is 122 g/mol. The molecule has 0 saturated carbocycles. The van der Waals surface area contributed by atoms with Crippen LogP contribution in [0.25, 0.3) is 0 Å². The highest BCUT2D eigenvalue weighted by Crippen LogP contribution is 2.09. The van der Waals surface area contributed by atoms with Gasteiger partial charge in [-0.1, -0.05) is 25.5 Å². The first-order chi connectivity index (χ1) is 4.93. The predicted octanol–water partition coefficient (Wildman–Crippen LogP) is 1.95. The van der Waals surface area contributed by atoms with Crippen LogP contribution in [0.3, 0.4) is 0 Å². The van der Waals surface area contributed by atoms with E-state index in [4.69, 9.17) is 0 Å². The van der Waals surface area contributed by atoms with Gasteiger partial charge in [-0.05, 0) is 25.3 Å². The Kier molecular flexibility index (Phi) is 3.52. The van der Waals surface area contributed by atoms with Gasteiger partial charge in [-0.2, -0.15) is 0 Å². The van der Waals surface area contributed by atoms with Crippen molar-refractivity contribution in [2.24, 2.45) is 5.92 Å². The standard InChI is InChI=1S/C9H17N/c1-2-3-4-5-9-6-7-10-8-9/h4-5,9-10H,2-3,6-8H2,1H3. The van der Waals surface area contributed by atoms with Crippen LogP contribution in [-0.2, 0) is 0 Å². The van der Waals surface area contributed by atoms with E-state index in [1.165, 1.54) is 32.4 Å². The lowest BCUT2D eigenvalue weighted by atomic mass is 10.1. The Morgan fingerprint density at radius 2 is 2.50 bits per heavy atom. The third-order valence-corrected chi connectivity index (χ3v) is 1.96. The van der Waals surface area contributed by atoms with Gasteiger partial charge in [0.25, 0.3) is 0 Å². The van der Waals surface area contributed by atoms with Gasteiger partial charge >= 0.3 is 0 Å². The third kappa shape index (κ3) is 2.53. The molecule has 0 aliphatic carbocycles. The second-order valence-corrected chi connectivity index (χ2v) is 2.97. The van der Waals surface area contributed by atoms with E-state index >= 15 is 0 Å². The summed E-state index contributed by atoms with van der Waals surface area (Å²) in [6.45, 7) is 4.62. The van der Waals surface area contributed by atoms with E-state index < -0.39 is 0 Å². The molecule has 0 aromatic rings. The minimum Gasteiger partial charge on any atom is -0.316 e. The molecule has 1 heterocycles. The van der Waals surface area contributed by atoms with Gasteiger partial charge in [0.1, 0.15) is 0 Å². The smallest absolute Gasteiger partial charge is 0.00146 e. The van der Waals surface area contributed by atoms with Crippen LogP contribution in [-0.4, -0.2) is 13.1 Å². The summed E-state index contributed by atoms with van der Waals surface area (Å²) in [5, 5.41) is 3.35. The monoisotopic (exact) mass is 139 g/mol. The van der Waals surface area contributed by atoms with Gasteiger partial charge in [-0.3, -0.25) is 0 Å². The minimum absolute atomic E-state index is 0.826.